The fourth-order valence-corrected chi connectivity index (χ4v) is 2.69. The van der Waals surface area contributed by atoms with Crippen LogP contribution in [0.15, 0.2) is 30.6 Å². The Morgan fingerprint density at radius 1 is 1.21 bits per heavy atom. The minimum absolute atomic E-state index is 0.123. The van der Waals surface area contributed by atoms with E-state index in [0.29, 0.717) is 12.1 Å². The predicted octanol–water partition coefficient (Wildman–Crippen LogP) is 1.76. The van der Waals surface area contributed by atoms with Gasteiger partial charge in [0, 0.05) is 37.7 Å². The Bertz CT molecular complexity index is 878. The highest BCUT2D eigenvalue weighted by Gasteiger charge is 2.17. The lowest BCUT2D eigenvalue weighted by molar-refractivity contribution is 0.0948. The lowest BCUT2D eigenvalue weighted by Gasteiger charge is -2.06. The number of carbonyl (C=O) groups is 1. The molecular formula is C17H20N6O. The number of nitrogens with zero attached hydrogens (tertiary/aromatic N) is 5. The summed E-state index contributed by atoms with van der Waals surface area (Å²) in [6.07, 6.45) is 3.50. The van der Waals surface area contributed by atoms with Crippen molar-refractivity contribution in [3.63, 3.8) is 0 Å². The summed E-state index contributed by atoms with van der Waals surface area (Å²) in [6.45, 7) is 4.13. The van der Waals surface area contributed by atoms with Crippen LogP contribution in [0.4, 0.5) is 0 Å². The van der Waals surface area contributed by atoms with Crippen molar-refractivity contribution in [3.8, 4) is 11.3 Å². The van der Waals surface area contributed by atoms with E-state index in [1.807, 2.05) is 46.1 Å². The zero-order chi connectivity index (χ0) is 17.3. The SMILES string of the molecule is Cc1nn(C)c(C)c1C(=O)NCc1cc(-c2cccnc2)nn1C. The average Bonchev–Trinajstić information content (AvgIpc) is 3.06. The van der Waals surface area contributed by atoms with Gasteiger partial charge in [0.05, 0.1) is 29.2 Å². The molecule has 0 saturated carbocycles. The van der Waals surface area contributed by atoms with Crippen LogP contribution >= 0.6 is 0 Å². The summed E-state index contributed by atoms with van der Waals surface area (Å²) in [5.74, 6) is -0.123. The molecule has 124 valence electrons. The van der Waals surface area contributed by atoms with Gasteiger partial charge in [-0.05, 0) is 32.0 Å². The number of rotatable bonds is 4. The molecule has 0 spiro atoms. The Labute approximate surface area is 140 Å². The highest BCUT2D eigenvalue weighted by molar-refractivity contribution is 5.96. The fourth-order valence-electron chi connectivity index (χ4n) is 2.69. The van der Waals surface area contributed by atoms with E-state index in [1.54, 1.807) is 21.8 Å². The van der Waals surface area contributed by atoms with Crippen LogP contribution in [-0.2, 0) is 20.6 Å². The van der Waals surface area contributed by atoms with Crippen LogP contribution in [-0.4, -0.2) is 30.5 Å². The molecule has 0 atom stereocenters. The smallest absolute Gasteiger partial charge is 0.255 e. The van der Waals surface area contributed by atoms with E-state index in [1.165, 1.54) is 0 Å². The first-order valence-corrected chi connectivity index (χ1v) is 7.69. The first kappa shape index (κ1) is 15.9. The second kappa shape index (κ2) is 6.27. The highest BCUT2D eigenvalue weighted by Crippen LogP contribution is 2.17. The first-order valence-electron chi connectivity index (χ1n) is 7.69. The Hall–Kier alpha value is -2.96. The molecule has 0 fully saturated rings. The lowest BCUT2D eigenvalue weighted by atomic mass is 10.2. The summed E-state index contributed by atoms with van der Waals surface area (Å²) in [7, 11) is 3.70. The molecule has 3 aromatic heterocycles. The molecule has 0 aliphatic carbocycles. The number of pyridine rings is 1. The summed E-state index contributed by atoms with van der Waals surface area (Å²) in [5, 5.41) is 11.7. The zero-order valence-corrected chi connectivity index (χ0v) is 14.2. The van der Waals surface area contributed by atoms with Gasteiger partial charge in [-0.1, -0.05) is 0 Å². The van der Waals surface area contributed by atoms with Crippen LogP contribution in [0.5, 0.6) is 0 Å². The first-order chi connectivity index (χ1) is 11.5. The molecule has 0 unspecified atom stereocenters. The van der Waals surface area contributed by atoms with Crippen molar-refractivity contribution >= 4 is 5.91 Å². The van der Waals surface area contributed by atoms with Crippen LogP contribution in [0, 0.1) is 13.8 Å². The molecule has 0 aromatic carbocycles. The monoisotopic (exact) mass is 324 g/mol. The van der Waals surface area contributed by atoms with Crippen LogP contribution in [0.3, 0.4) is 0 Å². The number of hydrogen-bond acceptors (Lipinski definition) is 4. The van der Waals surface area contributed by atoms with Gasteiger partial charge in [-0.2, -0.15) is 10.2 Å². The summed E-state index contributed by atoms with van der Waals surface area (Å²) >= 11 is 0. The van der Waals surface area contributed by atoms with E-state index in [4.69, 9.17) is 0 Å². The Morgan fingerprint density at radius 3 is 2.62 bits per heavy atom. The third kappa shape index (κ3) is 2.92. The maximum atomic E-state index is 12.5. The van der Waals surface area contributed by atoms with Gasteiger partial charge in [0.15, 0.2) is 0 Å². The standard InChI is InChI=1S/C17H20N6O/c1-11-16(12(2)22(3)20-11)17(24)19-10-14-8-15(21-23(14)4)13-6-5-7-18-9-13/h5-9H,10H2,1-4H3,(H,19,24). The Morgan fingerprint density at radius 2 is 2.00 bits per heavy atom. The van der Waals surface area contributed by atoms with Gasteiger partial charge in [-0.25, -0.2) is 0 Å². The lowest BCUT2D eigenvalue weighted by Crippen LogP contribution is -2.25. The van der Waals surface area contributed by atoms with Gasteiger partial charge in [-0.3, -0.25) is 19.1 Å². The number of aryl methyl sites for hydroxylation is 3. The third-order valence-electron chi connectivity index (χ3n) is 4.10. The summed E-state index contributed by atoms with van der Waals surface area (Å²) < 4.78 is 3.49. The largest absolute Gasteiger partial charge is 0.346 e. The van der Waals surface area contributed by atoms with Gasteiger partial charge in [0.1, 0.15) is 0 Å². The average molecular weight is 324 g/mol. The van der Waals surface area contributed by atoms with Gasteiger partial charge >= 0.3 is 0 Å². The third-order valence-corrected chi connectivity index (χ3v) is 4.10. The van der Waals surface area contributed by atoms with E-state index < -0.39 is 0 Å². The predicted molar refractivity (Wildman–Crippen MR) is 90.3 cm³/mol. The molecule has 1 amide bonds. The van der Waals surface area contributed by atoms with Gasteiger partial charge in [0.25, 0.3) is 5.91 Å². The number of hydrogen-bond donors (Lipinski definition) is 1. The maximum Gasteiger partial charge on any atom is 0.255 e. The molecule has 0 radical (unpaired) electrons. The van der Waals surface area contributed by atoms with Gasteiger partial charge in [0.2, 0.25) is 0 Å². The van der Waals surface area contributed by atoms with Crippen LogP contribution in [0.1, 0.15) is 27.4 Å². The molecule has 1 N–H and O–H groups in total. The van der Waals surface area contributed by atoms with E-state index in [2.05, 4.69) is 20.5 Å². The molecule has 0 saturated heterocycles. The number of amides is 1. The van der Waals surface area contributed by atoms with Crippen molar-refractivity contribution in [2.75, 3.05) is 0 Å². The van der Waals surface area contributed by atoms with Gasteiger partial charge < -0.3 is 5.32 Å². The van der Waals surface area contributed by atoms with Crippen molar-refractivity contribution in [3.05, 3.63) is 53.2 Å². The molecule has 3 rings (SSSR count). The van der Waals surface area contributed by atoms with Gasteiger partial charge in [-0.15, -0.1) is 0 Å². The van der Waals surface area contributed by atoms with Crippen molar-refractivity contribution < 1.29 is 4.79 Å². The molecule has 0 aliphatic rings. The van der Waals surface area contributed by atoms with Crippen LogP contribution in [0.2, 0.25) is 0 Å². The van der Waals surface area contributed by atoms with Crippen molar-refractivity contribution in [2.45, 2.75) is 20.4 Å². The van der Waals surface area contributed by atoms with E-state index >= 15 is 0 Å². The van der Waals surface area contributed by atoms with Crippen molar-refractivity contribution in [2.24, 2.45) is 14.1 Å². The fraction of sp³-hybridized carbons (Fsp3) is 0.294. The maximum absolute atomic E-state index is 12.5. The molecule has 3 heterocycles. The van der Waals surface area contributed by atoms with Crippen molar-refractivity contribution in [1.29, 1.82) is 0 Å². The second-order valence-corrected chi connectivity index (χ2v) is 5.74. The zero-order valence-electron chi connectivity index (χ0n) is 14.2. The van der Waals surface area contributed by atoms with E-state index in [-0.39, 0.29) is 5.91 Å². The molecule has 7 nitrogen and oxygen atoms in total. The quantitative estimate of drug-likeness (QED) is 0.793. The number of aromatic nitrogens is 5. The van der Waals surface area contributed by atoms with Crippen LogP contribution in [0.25, 0.3) is 11.3 Å². The molecule has 24 heavy (non-hydrogen) atoms. The molecule has 3 aromatic rings. The normalized spacial score (nSPS) is 10.8. The molecule has 0 aliphatic heterocycles. The topological polar surface area (TPSA) is 77.6 Å². The second-order valence-electron chi connectivity index (χ2n) is 5.74. The minimum Gasteiger partial charge on any atom is -0.346 e. The Balaban J connectivity index is 1.75. The molecule has 0 bridgehead atoms. The number of nitrogens with one attached hydrogen (secondary N) is 1. The Kier molecular flexibility index (Phi) is 4.16. The van der Waals surface area contributed by atoms with Crippen molar-refractivity contribution in [1.82, 2.24) is 29.9 Å². The van der Waals surface area contributed by atoms with Crippen LogP contribution < -0.4 is 5.32 Å². The van der Waals surface area contributed by atoms with E-state index in [9.17, 15) is 4.79 Å². The molecular weight excluding hydrogens is 304 g/mol. The summed E-state index contributed by atoms with van der Waals surface area (Å²) in [5.41, 5.74) is 4.92. The van der Waals surface area contributed by atoms with E-state index in [0.717, 1.165) is 28.3 Å². The summed E-state index contributed by atoms with van der Waals surface area (Å²) in [6, 6.07) is 5.79. The minimum atomic E-state index is -0.123. The highest BCUT2D eigenvalue weighted by atomic mass is 16.1. The molecule has 7 heteroatoms. The summed E-state index contributed by atoms with van der Waals surface area (Å²) in [4.78, 5) is 16.6. The number of carbonyl (C=O) groups excluding carboxylic acids is 1.